The van der Waals surface area contributed by atoms with Crippen molar-refractivity contribution in [1.82, 2.24) is 19.8 Å². The van der Waals surface area contributed by atoms with Crippen LogP contribution in [0.2, 0.25) is 0 Å². The molecule has 0 aliphatic carbocycles. The van der Waals surface area contributed by atoms with E-state index in [1.807, 2.05) is 29.2 Å². The van der Waals surface area contributed by atoms with Gasteiger partial charge < -0.3 is 19.9 Å². The van der Waals surface area contributed by atoms with E-state index in [-0.39, 0.29) is 30.6 Å². The molecule has 3 N–H and O–H groups in total. The van der Waals surface area contributed by atoms with Gasteiger partial charge in [0.1, 0.15) is 17.4 Å². The minimum Gasteiger partial charge on any atom is -0.510 e. The van der Waals surface area contributed by atoms with Crippen molar-refractivity contribution in [2.45, 2.75) is 12.8 Å². The molecule has 2 aliphatic rings. The van der Waals surface area contributed by atoms with Gasteiger partial charge in [-0.25, -0.2) is 4.98 Å². The molecule has 2 aliphatic heterocycles. The smallest absolute Gasteiger partial charge is 0.242 e. The third-order valence-corrected chi connectivity index (χ3v) is 4.59. The highest BCUT2D eigenvalue weighted by Gasteiger charge is 2.32. The Morgan fingerprint density at radius 3 is 2.79 bits per heavy atom. The topological polar surface area (TPSA) is 96.3 Å². The summed E-state index contributed by atoms with van der Waals surface area (Å²) in [6, 6.07) is 7.57. The lowest BCUT2D eigenvalue weighted by molar-refractivity contribution is -0.130. The molecule has 1 aromatic carbocycles. The summed E-state index contributed by atoms with van der Waals surface area (Å²) in [5.41, 5.74) is 2.01. The van der Waals surface area contributed by atoms with Gasteiger partial charge in [-0.05, 0) is 25.0 Å². The second-order valence-corrected chi connectivity index (χ2v) is 6.22. The summed E-state index contributed by atoms with van der Waals surface area (Å²) in [5, 5.41) is 18.6. The van der Waals surface area contributed by atoms with Gasteiger partial charge in [0.25, 0.3) is 0 Å². The van der Waals surface area contributed by atoms with Crippen molar-refractivity contribution in [2.75, 3.05) is 26.2 Å². The zero-order valence-corrected chi connectivity index (χ0v) is 13.2. The molecule has 24 heavy (non-hydrogen) atoms. The van der Waals surface area contributed by atoms with Crippen molar-refractivity contribution in [3.05, 3.63) is 35.8 Å². The minimum absolute atomic E-state index is 0.0101. The number of likely N-dealkylation sites (tertiary alicyclic amines) is 1. The number of aliphatic hydroxyl groups is 1. The first-order chi connectivity index (χ1) is 11.6. The maximum atomic E-state index is 12.3. The lowest BCUT2D eigenvalue weighted by Crippen LogP contribution is -2.40. The Morgan fingerprint density at radius 2 is 2.04 bits per heavy atom. The summed E-state index contributed by atoms with van der Waals surface area (Å²) >= 11 is 0. The van der Waals surface area contributed by atoms with Crippen LogP contribution in [0.25, 0.3) is 16.6 Å². The molecule has 1 amide bonds. The van der Waals surface area contributed by atoms with Gasteiger partial charge in [0, 0.05) is 13.1 Å². The number of rotatable bonds is 3. The number of fused-ring (bicyclic) bond motifs is 1. The lowest BCUT2D eigenvalue weighted by Gasteiger charge is -2.22. The summed E-state index contributed by atoms with van der Waals surface area (Å²) < 4.78 is 0. The Balaban J connectivity index is 1.55. The fraction of sp³-hybridized carbons (Fsp3) is 0.353. The second-order valence-electron chi connectivity index (χ2n) is 6.22. The maximum Gasteiger partial charge on any atom is 0.242 e. The van der Waals surface area contributed by atoms with E-state index < -0.39 is 0 Å². The third-order valence-electron chi connectivity index (χ3n) is 4.59. The molecule has 0 spiro atoms. The Morgan fingerprint density at radius 1 is 1.29 bits per heavy atom. The number of aromatic nitrogens is 2. The highest BCUT2D eigenvalue weighted by molar-refractivity contribution is 6.23. The Kier molecular flexibility index (Phi) is 3.48. The maximum absolute atomic E-state index is 12.3. The Hall–Kier alpha value is -2.83. The number of hydrogen-bond donors (Lipinski definition) is 3. The second kappa shape index (κ2) is 5.67. The zero-order chi connectivity index (χ0) is 16.7. The molecule has 3 heterocycles. The van der Waals surface area contributed by atoms with E-state index in [9.17, 15) is 9.90 Å². The van der Waals surface area contributed by atoms with Gasteiger partial charge in [-0.1, -0.05) is 12.1 Å². The molecule has 124 valence electrons. The number of hydrogen-bond acceptors (Lipinski definition) is 4. The van der Waals surface area contributed by atoms with Crippen molar-refractivity contribution in [1.29, 1.82) is 5.41 Å². The molecule has 7 nitrogen and oxygen atoms in total. The summed E-state index contributed by atoms with van der Waals surface area (Å²) in [6.45, 7) is 1.86. The largest absolute Gasteiger partial charge is 0.510 e. The van der Waals surface area contributed by atoms with Crippen LogP contribution in [0.1, 0.15) is 18.7 Å². The molecule has 2 aromatic rings. The Labute approximate surface area is 139 Å². The number of aliphatic hydroxyl groups excluding tert-OH is 1. The standard InChI is InChI=1S/C17H19N5O2/c18-16-15(17-19-11-5-1-2-6-12(11)20-17)13(23)9-22(16)10-14(24)21-7-3-4-8-21/h1-2,5-6,18,23H,3-4,7-10H2,(H,19,20). The van der Waals surface area contributed by atoms with Gasteiger partial charge in [-0.3, -0.25) is 10.2 Å². The highest BCUT2D eigenvalue weighted by Crippen LogP contribution is 2.27. The monoisotopic (exact) mass is 325 g/mol. The highest BCUT2D eigenvalue weighted by atomic mass is 16.3. The van der Waals surface area contributed by atoms with Gasteiger partial charge in [-0.2, -0.15) is 0 Å². The summed E-state index contributed by atoms with van der Waals surface area (Å²) in [7, 11) is 0. The first-order valence-electron chi connectivity index (χ1n) is 8.12. The summed E-state index contributed by atoms with van der Waals surface area (Å²) in [4.78, 5) is 23.3. The molecule has 0 saturated carbocycles. The molecule has 0 bridgehead atoms. The zero-order valence-electron chi connectivity index (χ0n) is 13.2. The predicted molar refractivity (Wildman–Crippen MR) is 90.8 cm³/mol. The third kappa shape index (κ3) is 2.42. The van der Waals surface area contributed by atoms with E-state index in [1.54, 1.807) is 4.90 Å². The van der Waals surface area contributed by atoms with Gasteiger partial charge >= 0.3 is 0 Å². The predicted octanol–water partition coefficient (Wildman–Crippen LogP) is 1.75. The minimum atomic E-state index is 0.0101. The number of benzene rings is 1. The van der Waals surface area contributed by atoms with Crippen molar-refractivity contribution >= 4 is 28.3 Å². The van der Waals surface area contributed by atoms with Crippen LogP contribution in [-0.4, -0.2) is 62.8 Å². The van der Waals surface area contributed by atoms with Crippen molar-refractivity contribution in [2.24, 2.45) is 0 Å². The number of amidine groups is 1. The number of imidazole rings is 1. The molecule has 1 fully saturated rings. The first kappa shape index (κ1) is 14.7. The average Bonchev–Trinajstić information content (AvgIpc) is 3.27. The number of H-pyrrole nitrogens is 1. The number of aromatic amines is 1. The molecule has 1 saturated heterocycles. The fourth-order valence-corrected chi connectivity index (χ4v) is 3.32. The van der Waals surface area contributed by atoms with Crippen LogP contribution in [0.4, 0.5) is 0 Å². The van der Waals surface area contributed by atoms with E-state index in [1.165, 1.54) is 0 Å². The van der Waals surface area contributed by atoms with Crippen LogP contribution in [0.5, 0.6) is 0 Å². The van der Waals surface area contributed by atoms with E-state index in [0.29, 0.717) is 11.4 Å². The van der Waals surface area contributed by atoms with E-state index in [4.69, 9.17) is 5.41 Å². The van der Waals surface area contributed by atoms with Crippen molar-refractivity contribution in [3.63, 3.8) is 0 Å². The number of carbonyl (C=O) groups is 1. The average molecular weight is 325 g/mol. The van der Waals surface area contributed by atoms with Crippen LogP contribution in [-0.2, 0) is 4.79 Å². The molecular weight excluding hydrogens is 306 g/mol. The van der Waals surface area contributed by atoms with E-state index in [0.717, 1.165) is 37.0 Å². The lowest BCUT2D eigenvalue weighted by atomic mass is 10.2. The normalized spacial score (nSPS) is 18.2. The molecule has 0 atom stereocenters. The number of carbonyl (C=O) groups excluding carboxylic acids is 1. The fourth-order valence-electron chi connectivity index (χ4n) is 3.32. The van der Waals surface area contributed by atoms with Crippen molar-refractivity contribution in [3.8, 4) is 0 Å². The SMILES string of the molecule is N=C1C(c2nc3ccccc3[nH]2)=C(O)CN1CC(=O)N1CCCC1. The van der Waals surface area contributed by atoms with Gasteiger partial charge in [0.05, 0.1) is 29.7 Å². The summed E-state index contributed by atoms with van der Waals surface area (Å²) in [6.07, 6.45) is 2.08. The molecule has 0 radical (unpaired) electrons. The first-order valence-corrected chi connectivity index (χ1v) is 8.12. The number of amides is 1. The van der Waals surface area contributed by atoms with E-state index in [2.05, 4.69) is 9.97 Å². The van der Waals surface area contributed by atoms with Crippen LogP contribution in [0.15, 0.2) is 30.0 Å². The number of para-hydroxylation sites is 2. The van der Waals surface area contributed by atoms with Crippen LogP contribution >= 0.6 is 0 Å². The van der Waals surface area contributed by atoms with Crippen LogP contribution in [0.3, 0.4) is 0 Å². The molecular formula is C17H19N5O2. The Bertz CT molecular complexity index is 815. The number of nitrogens with one attached hydrogen (secondary N) is 2. The number of nitrogens with zero attached hydrogens (tertiary/aromatic N) is 3. The van der Waals surface area contributed by atoms with Gasteiger partial charge in [-0.15, -0.1) is 0 Å². The summed E-state index contributed by atoms with van der Waals surface area (Å²) in [5.74, 6) is 0.693. The molecule has 7 heteroatoms. The van der Waals surface area contributed by atoms with Crippen molar-refractivity contribution < 1.29 is 9.90 Å². The quantitative estimate of drug-likeness (QED) is 0.801. The van der Waals surface area contributed by atoms with Crippen LogP contribution < -0.4 is 0 Å². The van der Waals surface area contributed by atoms with E-state index >= 15 is 0 Å². The molecule has 0 unspecified atom stereocenters. The van der Waals surface area contributed by atoms with Gasteiger partial charge in [0.15, 0.2) is 0 Å². The molecule has 4 rings (SSSR count). The van der Waals surface area contributed by atoms with Crippen LogP contribution in [0, 0.1) is 5.41 Å². The van der Waals surface area contributed by atoms with Gasteiger partial charge in [0.2, 0.25) is 5.91 Å². The molecule has 1 aromatic heterocycles.